The molecule has 0 amide bonds. The molecule has 2 aromatic rings. The van der Waals surface area contributed by atoms with E-state index in [1.807, 2.05) is 12.1 Å². The molecule has 3 nitrogen and oxygen atoms in total. The number of nitrogens with zero attached hydrogens (tertiary/aromatic N) is 1. The first-order valence-corrected chi connectivity index (χ1v) is 7.01. The third-order valence-corrected chi connectivity index (χ3v) is 3.78. The van der Waals surface area contributed by atoms with Gasteiger partial charge in [-0.05, 0) is 35.6 Å². The molecule has 4 heteroatoms. The minimum absolute atomic E-state index is 0.574. The van der Waals surface area contributed by atoms with Crippen molar-refractivity contribution in [2.75, 3.05) is 13.7 Å². The lowest BCUT2D eigenvalue weighted by Crippen LogP contribution is -2.16. The number of thiophene rings is 1. The number of hydrogen-bond acceptors (Lipinski definition) is 4. The van der Waals surface area contributed by atoms with Gasteiger partial charge in [0.1, 0.15) is 11.8 Å². The summed E-state index contributed by atoms with van der Waals surface area (Å²) in [5.41, 5.74) is 1.70. The van der Waals surface area contributed by atoms with Crippen molar-refractivity contribution >= 4 is 11.3 Å². The van der Waals surface area contributed by atoms with Crippen LogP contribution in [0.5, 0.6) is 5.75 Å². The predicted octanol–water partition coefficient (Wildman–Crippen LogP) is 2.96. The summed E-state index contributed by atoms with van der Waals surface area (Å²) < 4.78 is 5.19. The van der Waals surface area contributed by atoms with E-state index in [0.29, 0.717) is 11.3 Å². The van der Waals surface area contributed by atoms with Crippen molar-refractivity contribution in [2.24, 2.45) is 0 Å². The van der Waals surface area contributed by atoms with Crippen LogP contribution in [0.15, 0.2) is 35.7 Å². The molecule has 0 aliphatic rings. The van der Waals surface area contributed by atoms with Crippen LogP contribution < -0.4 is 10.1 Å². The van der Waals surface area contributed by atoms with Gasteiger partial charge in [0, 0.05) is 18.0 Å². The number of nitrogens with one attached hydrogen (secondary N) is 1. The van der Waals surface area contributed by atoms with Crippen molar-refractivity contribution in [3.63, 3.8) is 0 Å². The minimum atomic E-state index is 0.574. The van der Waals surface area contributed by atoms with Crippen molar-refractivity contribution in [1.82, 2.24) is 5.32 Å². The molecule has 2 rings (SSSR count). The van der Waals surface area contributed by atoms with E-state index >= 15 is 0 Å². The molecule has 0 radical (unpaired) electrons. The highest BCUT2D eigenvalue weighted by Crippen LogP contribution is 2.19. The summed E-state index contributed by atoms with van der Waals surface area (Å²) >= 11 is 1.78. The van der Waals surface area contributed by atoms with Gasteiger partial charge in [0.05, 0.1) is 12.7 Å². The lowest BCUT2D eigenvalue weighted by Gasteiger charge is -2.07. The zero-order valence-electron chi connectivity index (χ0n) is 10.8. The number of nitriles is 1. The van der Waals surface area contributed by atoms with Gasteiger partial charge in [-0.15, -0.1) is 11.3 Å². The van der Waals surface area contributed by atoms with E-state index in [-0.39, 0.29) is 0 Å². The fraction of sp³-hybridized carbons (Fsp3) is 0.267. The van der Waals surface area contributed by atoms with Gasteiger partial charge in [-0.25, -0.2) is 0 Å². The Hall–Kier alpha value is -1.83. The summed E-state index contributed by atoms with van der Waals surface area (Å²) in [5.74, 6) is 0.639. The van der Waals surface area contributed by atoms with Gasteiger partial charge in [0.25, 0.3) is 0 Å². The molecule has 19 heavy (non-hydrogen) atoms. The normalized spacial score (nSPS) is 10.1. The van der Waals surface area contributed by atoms with Crippen molar-refractivity contribution in [3.05, 3.63) is 51.7 Å². The van der Waals surface area contributed by atoms with Crippen LogP contribution in [0.2, 0.25) is 0 Å². The van der Waals surface area contributed by atoms with Gasteiger partial charge in [0.15, 0.2) is 0 Å². The summed E-state index contributed by atoms with van der Waals surface area (Å²) in [6.45, 7) is 1.73. The standard InChI is InChI=1S/C15H16N2OS/c1-18-15-9-12(4-5-13(15)10-16)11-17-7-6-14-3-2-8-19-14/h2-5,8-9,17H,6-7,11H2,1H3. The highest BCUT2D eigenvalue weighted by Gasteiger charge is 2.03. The fourth-order valence-corrected chi connectivity index (χ4v) is 2.55. The van der Waals surface area contributed by atoms with E-state index in [1.165, 1.54) is 4.88 Å². The molecule has 0 saturated carbocycles. The first-order chi connectivity index (χ1) is 9.33. The Labute approximate surface area is 117 Å². The van der Waals surface area contributed by atoms with Gasteiger partial charge in [-0.3, -0.25) is 0 Å². The predicted molar refractivity (Wildman–Crippen MR) is 77.4 cm³/mol. The molecule has 1 aromatic heterocycles. The molecule has 98 valence electrons. The molecule has 0 saturated heterocycles. The topological polar surface area (TPSA) is 45.0 Å². The quantitative estimate of drug-likeness (QED) is 0.822. The highest BCUT2D eigenvalue weighted by atomic mass is 32.1. The lowest BCUT2D eigenvalue weighted by atomic mass is 10.1. The van der Waals surface area contributed by atoms with Gasteiger partial charge in [0.2, 0.25) is 0 Å². The van der Waals surface area contributed by atoms with Crippen LogP contribution >= 0.6 is 11.3 Å². The Morgan fingerprint density at radius 1 is 1.37 bits per heavy atom. The maximum absolute atomic E-state index is 8.92. The SMILES string of the molecule is COc1cc(CNCCc2cccs2)ccc1C#N. The Morgan fingerprint density at radius 3 is 2.95 bits per heavy atom. The Kier molecular flexibility index (Phi) is 4.96. The van der Waals surface area contributed by atoms with Crippen LogP contribution in [0.3, 0.4) is 0 Å². The first kappa shape index (κ1) is 13.6. The number of rotatable bonds is 6. The average molecular weight is 272 g/mol. The lowest BCUT2D eigenvalue weighted by molar-refractivity contribution is 0.412. The van der Waals surface area contributed by atoms with Crippen molar-refractivity contribution in [2.45, 2.75) is 13.0 Å². The molecule has 0 unspecified atom stereocenters. The number of hydrogen-bond donors (Lipinski definition) is 1. The van der Waals surface area contributed by atoms with Gasteiger partial charge in [-0.2, -0.15) is 5.26 Å². The molecule has 0 bridgehead atoms. The van der Waals surface area contributed by atoms with Crippen molar-refractivity contribution in [3.8, 4) is 11.8 Å². The second-order valence-corrected chi connectivity index (χ2v) is 5.18. The molecule has 0 atom stereocenters. The van der Waals surface area contributed by atoms with Crippen LogP contribution in [0.25, 0.3) is 0 Å². The summed E-state index contributed by atoms with van der Waals surface area (Å²) in [6.07, 6.45) is 1.05. The van der Waals surface area contributed by atoms with Crippen molar-refractivity contribution < 1.29 is 4.74 Å². The van der Waals surface area contributed by atoms with Crippen LogP contribution in [-0.2, 0) is 13.0 Å². The van der Waals surface area contributed by atoms with E-state index < -0.39 is 0 Å². The summed E-state index contributed by atoms with van der Waals surface area (Å²) in [6, 6.07) is 12.0. The second-order valence-electron chi connectivity index (χ2n) is 4.15. The highest BCUT2D eigenvalue weighted by molar-refractivity contribution is 7.09. The Bertz CT molecular complexity index is 558. The zero-order chi connectivity index (χ0) is 13.5. The van der Waals surface area contributed by atoms with E-state index in [0.717, 1.165) is 25.1 Å². The molecule has 0 fully saturated rings. The van der Waals surface area contributed by atoms with E-state index in [1.54, 1.807) is 24.5 Å². The van der Waals surface area contributed by atoms with E-state index in [9.17, 15) is 0 Å². The molecule has 0 spiro atoms. The zero-order valence-corrected chi connectivity index (χ0v) is 11.7. The molecule has 1 heterocycles. The third-order valence-electron chi connectivity index (χ3n) is 2.84. The smallest absolute Gasteiger partial charge is 0.136 e. The third kappa shape index (κ3) is 3.82. The summed E-state index contributed by atoms with van der Waals surface area (Å²) in [5, 5.41) is 14.4. The fourth-order valence-electron chi connectivity index (χ4n) is 1.84. The Balaban J connectivity index is 1.84. The average Bonchev–Trinajstić information content (AvgIpc) is 2.96. The summed E-state index contributed by atoms with van der Waals surface area (Å²) in [7, 11) is 1.59. The Morgan fingerprint density at radius 2 is 2.26 bits per heavy atom. The maximum atomic E-state index is 8.92. The molecule has 1 aromatic carbocycles. The maximum Gasteiger partial charge on any atom is 0.136 e. The van der Waals surface area contributed by atoms with Gasteiger partial charge >= 0.3 is 0 Å². The van der Waals surface area contributed by atoms with Crippen LogP contribution in [-0.4, -0.2) is 13.7 Å². The van der Waals surface area contributed by atoms with Gasteiger partial charge in [-0.1, -0.05) is 12.1 Å². The monoisotopic (exact) mass is 272 g/mol. The van der Waals surface area contributed by atoms with E-state index in [2.05, 4.69) is 28.9 Å². The first-order valence-electron chi connectivity index (χ1n) is 6.13. The second kappa shape index (κ2) is 6.93. The summed E-state index contributed by atoms with van der Waals surface area (Å²) in [4.78, 5) is 1.39. The van der Waals surface area contributed by atoms with Crippen LogP contribution in [0.4, 0.5) is 0 Å². The molecule has 0 aliphatic carbocycles. The number of ether oxygens (including phenoxy) is 1. The minimum Gasteiger partial charge on any atom is -0.495 e. The molecular formula is C15H16N2OS. The van der Waals surface area contributed by atoms with Crippen LogP contribution in [0, 0.1) is 11.3 Å². The number of methoxy groups -OCH3 is 1. The molecule has 0 aliphatic heterocycles. The van der Waals surface area contributed by atoms with Crippen molar-refractivity contribution in [1.29, 1.82) is 5.26 Å². The van der Waals surface area contributed by atoms with Gasteiger partial charge < -0.3 is 10.1 Å². The molecule has 1 N–H and O–H groups in total. The number of benzene rings is 1. The van der Waals surface area contributed by atoms with Crippen LogP contribution in [0.1, 0.15) is 16.0 Å². The molecular weight excluding hydrogens is 256 g/mol. The largest absolute Gasteiger partial charge is 0.495 e. The van der Waals surface area contributed by atoms with E-state index in [4.69, 9.17) is 10.00 Å².